The van der Waals surface area contributed by atoms with Crippen LogP contribution in [0.1, 0.15) is 64.2 Å². The van der Waals surface area contributed by atoms with E-state index in [9.17, 15) is 0 Å². The molecule has 0 amide bonds. The van der Waals surface area contributed by atoms with E-state index >= 15 is 0 Å². The summed E-state index contributed by atoms with van der Waals surface area (Å²) in [7, 11) is 0. The Kier molecular flexibility index (Phi) is 8.42. The summed E-state index contributed by atoms with van der Waals surface area (Å²) in [5, 5.41) is 11.1. The molecule has 0 bridgehead atoms. The first-order chi connectivity index (χ1) is 13.2. The first kappa shape index (κ1) is 20.6. The molecule has 0 saturated heterocycles. The summed E-state index contributed by atoms with van der Waals surface area (Å²) in [5.74, 6) is 1.61. The van der Waals surface area contributed by atoms with Gasteiger partial charge < -0.3 is 21.7 Å². The topological polar surface area (TPSA) is 87.9 Å². The average molecular weight is 395 g/mol. The Morgan fingerprint density at radius 3 is 2.26 bits per heavy atom. The summed E-state index contributed by atoms with van der Waals surface area (Å²) in [6.45, 7) is 3.17. The molecule has 3 rings (SSSR count). The number of halogens is 1. The highest BCUT2D eigenvalue weighted by Gasteiger charge is 2.21. The van der Waals surface area contributed by atoms with Crippen molar-refractivity contribution in [3.63, 3.8) is 0 Å². The van der Waals surface area contributed by atoms with E-state index in [4.69, 9.17) is 17.3 Å². The lowest BCUT2D eigenvalue weighted by Crippen LogP contribution is -2.37. The van der Waals surface area contributed by atoms with Crippen molar-refractivity contribution in [2.75, 3.05) is 30.7 Å². The number of nitrogens with one attached hydrogen (secondary N) is 3. The number of nitrogen functional groups attached to an aromatic ring is 1. The molecular weight excluding hydrogens is 360 g/mol. The highest BCUT2D eigenvalue weighted by molar-refractivity contribution is 6.29. The van der Waals surface area contributed by atoms with Crippen molar-refractivity contribution < 1.29 is 0 Å². The van der Waals surface area contributed by atoms with E-state index in [0.717, 1.165) is 25.7 Å². The van der Waals surface area contributed by atoms with Gasteiger partial charge in [-0.2, -0.15) is 4.98 Å². The maximum absolute atomic E-state index is 5.92. The smallest absolute Gasteiger partial charge is 0.226 e. The molecule has 7 heteroatoms. The Hall–Kier alpha value is -1.11. The molecule has 2 fully saturated rings. The summed E-state index contributed by atoms with van der Waals surface area (Å²) in [5.41, 5.74) is 5.71. The first-order valence-corrected chi connectivity index (χ1v) is 11.1. The summed E-state index contributed by atoms with van der Waals surface area (Å²) >= 11 is 5.92. The maximum atomic E-state index is 5.92. The van der Waals surface area contributed by atoms with Crippen molar-refractivity contribution in [3.8, 4) is 0 Å². The molecule has 1 heterocycles. The van der Waals surface area contributed by atoms with Crippen LogP contribution in [0.25, 0.3) is 0 Å². The highest BCUT2D eigenvalue weighted by Crippen LogP contribution is 2.24. The fourth-order valence-corrected chi connectivity index (χ4v) is 4.52. The van der Waals surface area contributed by atoms with E-state index in [1.54, 1.807) is 6.07 Å². The van der Waals surface area contributed by atoms with Gasteiger partial charge in [-0.1, -0.05) is 30.9 Å². The summed E-state index contributed by atoms with van der Waals surface area (Å²) in [6.07, 6.45) is 13.2. The number of nitrogens with two attached hydrogens (primary N) is 1. The normalized spacial score (nSPS) is 24.0. The van der Waals surface area contributed by atoms with E-state index in [0.29, 0.717) is 28.9 Å². The third-order valence-corrected chi connectivity index (χ3v) is 6.13. The second kappa shape index (κ2) is 11.0. The minimum absolute atomic E-state index is 0.385. The van der Waals surface area contributed by atoms with Gasteiger partial charge in [0.2, 0.25) is 5.95 Å². The zero-order valence-corrected chi connectivity index (χ0v) is 17.1. The molecule has 1 aromatic rings. The molecule has 1 aromatic heterocycles. The number of aromatic nitrogens is 2. The fraction of sp³-hybridized carbons (Fsp3) is 0.800. The molecule has 152 valence electrons. The number of rotatable bonds is 9. The van der Waals surface area contributed by atoms with E-state index in [2.05, 4.69) is 25.9 Å². The first-order valence-electron chi connectivity index (χ1n) is 10.7. The second-order valence-corrected chi connectivity index (χ2v) is 8.52. The van der Waals surface area contributed by atoms with Gasteiger partial charge in [-0.15, -0.1) is 0 Å². The van der Waals surface area contributed by atoms with Gasteiger partial charge >= 0.3 is 0 Å². The van der Waals surface area contributed by atoms with Crippen LogP contribution >= 0.6 is 11.6 Å². The Morgan fingerprint density at radius 2 is 1.59 bits per heavy atom. The molecule has 0 aliphatic heterocycles. The van der Waals surface area contributed by atoms with E-state index in [1.807, 2.05) is 0 Å². The van der Waals surface area contributed by atoms with Crippen molar-refractivity contribution in [1.29, 1.82) is 0 Å². The molecule has 0 atom stereocenters. The van der Waals surface area contributed by atoms with Crippen molar-refractivity contribution in [2.24, 2.45) is 5.92 Å². The van der Waals surface area contributed by atoms with Crippen LogP contribution in [0.4, 0.5) is 11.8 Å². The van der Waals surface area contributed by atoms with Crippen LogP contribution in [0.2, 0.25) is 5.15 Å². The van der Waals surface area contributed by atoms with Crippen LogP contribution in [0.15, 0.2) is 6.07 Å². The van der Waals surface area contributed by atoms with Crippen LogP contribution in [0.5, 0.6) is 0 Å². The van der Waals surface area contributed by atoms with Gasteiger partial charge in [-0.3, -0.25) is 0 Å². The minimum Gasteiger partial charge on any atom is -0.383 e. The predicted molar refractivity (Wildman–Crippen MR) is 113 cm³/mol. The van der Waals surface area contributed by atoms with Crippen LogP contribution in [-0.4, -0.2) is 41.7 Å². The largest absolute Gasteiger partial charge is 0.383 e. The molecule has 2 aliphatic carbocycles. The average Bonchev–Trinajstić information content (AvgIpc) is 2.67. The monoisotopic (exact) mass is 394 g/mol. The Labute approximate surface area is 168 Å². The van der Waals surface area contributed by atoms with Gasteiger partial charge in [0.25, 0.3) is 0 Å². The zero-order chi connectivity index (χ0) is 18.9. The van der Waals surface area contributed by atoms with Gasteiger partial charge in [0.1, 0.15) is 11.0 Å². The number of nitrogens with zero attached hydrogens (tertiary/aromatic N) is 2. The van der Waals surface area contributed by atoms with Crippen molar-refractivity contribution in [1.82, 2.24) is 20.6 Å². The number of anilines is 2. The SMILES string of the molecule is Nc1cc(Cl)nc(NCC2CCC(NCCCNC3CCCCC3)CC2)n1. The Balaban J connectivity index is 1.23. The van der Waals surface area contributed by atoms with Gasteiger partial charge in [0.15, 0.2) is 0 Å². The van der Waals surface area contributed by atoms with E-state index < -0.39 is 0 Å². The van der Waals surface area contributed by atoms with E-state index in [1.165, 1.54) is 64.2 Å². The molecule has 0 aromatic carbocycles. The molecule has 27 heavy (non-hydrogen) atoms. The molecule has 0 spiro atoms. The van der Waals surface area contributed by atoms with Gasteiger partial charge in [0, 0.05) is 24.7 Å². The lowest BCUT2D eigenvalue weighted by atomic mass is 9.86. The van der Waals surface area contributed by atoms with Gasteiger partial charge in [0.05, 0.1) is 0 Å². The van der Waals surface area contributed by atoms with Gasteiger partial charge in [-0.05, 0) is 64.0 Å². The summed E-state index contributed by atoms with van der Waals surface area (Å²) < 4.78 is 0. The van der Waals surface area contributed by atoms with Crippen molar-refractivity contribution in [3.05, 3.63) is 11.2 Å². The highest BCUT2D eigenvalue weighted by atomic mass is 35.5. The van der Waals surface area contributed by atoms with Crippen LogP contribution in [-0.2, 0) is 0 Å². The molecule has 6 nitrogen and oxygen atoms in total. The number of hydrogen-bond donors (Lipinski definition) is 4. The lowest BCUT2D eigenvalue weighted by Gasteiger charge is -2.29. The summed E-state index contributed by atoms with van der Waals surface area (Å²) in [6, 6.07) is 3.02. The standard InChI is InChI=1S/C20H35ClN6/c21-18-13-19(22)27-20(26-18)25-14-15-7-9-17(10-8-15)24-12-4-11-23-16-5-2-1-3-6-16/h13,15-17,23-24H,1-12,14H2,(H3,22,25,26,27). The molecule has 2 aliphatic rings. The van der Waals surface area contributed by atoms with Crippen molar-refractivity contribution >= 4 is 23.4 Å². The predicted octanol–water partition coefficient (Wildman–Crippen LogP) is 3.58. The maximum Gasteiger partial charge on any atom is 0.226 e. The van der Waals surface area contributed by atoms with E-state index in [-0.39, 0.29) is 0 Å². The molecule has 0 unspecified atom stereocenters. The van der Waals surface area contributed by atoms with Gasteiger partial charge in [-0.25, -0.2) is 4.98 Å². The molecular formula is C20H35ClN6. The third-order valence-electron chi connectivity index (χ3n) is 5.94. The van der Waals surface area contributed by atoms with Crippen LogP contribution < -0.4 is 21.7 Å². The van der Waals surface area contributed by atoms with Crippen LogP contribution in [0, 0.1) is 5.92 Å². The minimum atomic E-state index is 0.385. The quantitative estimate of drug-likeness (QED) is 0.378. The Morgan fingerprint density at radius 1 is 0.926 bits per heavy atom. The number of hydrogen-bond acceptors (Lipinski definition) is 6. The molecule has 2 saturated carbocycles. The molecule has 5 N–H and O–H groups in total. The second-order valence-electron chi connectivity index (χ2n) is 8.13. The van der Waals surface area contributed by atoms with Crippen LogP contribution in [0.3, 0.4) is 0 Å². The summed E-state index contributed by atoms with van der Waals surface area (Å²) in [4.78, 5) is 8.35. The third kappa shape index (κ3) is 7.43. The Bertz CT molecular complexity index is 535. The lowest BCUT2D eigenvalue weighted by molar-refractivity contribution is 0.298. The fourth-order valence-electron chi connectivity index (χ4n) is 4.33. The van der Waals surface area contributed by atoms with Crippen molar-refractivity contribution in [2.45, 2.75) is 76.3 Å². The molecule has 0 radical (unpaired) electrons. The zero-order valence-electron chi connectivity index (χ0n) is 16.4.